The standard InChI is InChI=1S/C12H17ClFNO/c1-12(2,3)15-6-7-16-9-4-5-11(14)10(13)8-9/h4-5,8,15H,6-7H2,1-3H3. The van der Waals surface area contributed by atoms with Crippen molar-refractivity contribution in [2.24, 2.45) is 0 Å². The number of ether oxygens (including phenoxy) is 1. The lowest BCUT2D eigenvalue weighted by molar-refractivity contribution is 0.290. The molecule has 90 valence electrons. The van der Waals surface area contributed by atoms with Gasteiger partial charge in [0.15, 0.2) is 0 Å². The van der Waals surface area contributed by atoms with E-state index in [1.807, 2.05) is 0 Å². The molecule has 0 heterocycles. The Kier molecular flexibility index (Phi) is 4.56. The first-order chi connectivity index (χ1) is 7.38. The van der Waals surface area contributed by atoms with Crippen LogP contribution in [0.1, 0.15) is 20.8 Å². The second-order valence-electron chi connectivity index (χ2n) is 4.60. The third-order valence-corrected chi connectivity index (χ3v) is 2.21. The molecule has 0 bridgehead atoms. The third-order valence-electron chi connectivity index (χ3n) is 1.92. The van der Waals surface area contributed by atoms with Gasteiger partial charge in [0.05, 0.1) is 5.02 Å². The van der Waals surface area contributed by atoms with Gasteiger partial charge in [-0.1, -0.05) is 11.6 Å². The van der Waals surface area contributed by atoms with Crippen LogP contribution in [0.4, 0.5) is 4.39 Å². The van der Waals surface area contributed by atoms with E-state index < -0.39 is 5.82 Å². The van der Waals surface area contributed by atoms with E-state index >= 15 is 0 Å². The van der Waals surface area contributed by atoms with Crippen LogP contribution >= 0.6 is 11.6 Å². The van der Waals surface area contributed by atoms with E-state index in [1.165, 1.54) is 12.1 Å². The highest BCUT2D eigenvalue weighted by molar-refractivity contribution is 6.30. The average molecular weight is 246 g/mol. The molecule has 1 rings (SSSR count). The molecule has 0 aliphatic carbocycles. The van der Waals surface area contributed by atoms with Crippen molar-refractivity contribution in [3.05, 3.63) is 29.0 Å². The van der Waals surface area contributed by atoms with E-state index in [2.05, 4.69) is 26.1 Å². The SMILES string of the molecule is CC(C)(C)NCCOc1ccc(F)c(Cl)c1. The number of hydrogen-bond donors (Lipinski definition) is 1. The molecule has 0 aliphatic heterocycles. The molecule has 0 aromatic heterocycles. The molecule has 0 amide bonds. The normalized spacial score (nSPS) is 11.6. The Morgan fingerprint density at radius 1 is 1.38 bits per heavy atom. The lowest BCUT2D eigenvalue weighted by atomic mass is 10.1. The Hall–Kier alpha value is -0.800. The van der Waals surface area contributed by atoms with Crippen LogP contribution in [0.15, 0.2) is 18.2 Å². The third kappa shape index (κ3) is 4.81. The summed E-state index contributed by atoms with van der Waals surface area (Å²) in [6, 6.07) is 4.35. The summed E-state index contributed by atoms with van der Waals surface area (Å²) in [5.41, 5.74) is 0.0732. The van der Waals surface area contributed by atoms with Gasteiger partial charge in [-0.15, -0.1) is 0 Å². The molecule has 0 atom stereocenters. The Bertz CT molecular complexity index is 349. The van der Waals surface area contributed by atoms with E-state index in [0.717, 1.165) is 6.54 Å². The van der Waals surface area contributed by atoms with Gasteiger partial charge in [0.2, 0.25) is 0 Å². The predicted octanol–water partition coefficient (Wildman–Crippen LogP) is 3.25. The van der Waals surface area contributed by atoms with Crippen LogP contribution in [0.5, 0.6) is 5.75 Å². The fourth-order valence-corrected chi connectivity index (χ4v) is 1.33. The monoisotopic (exact) mass is 245 g/mol. The summed E-state index contributed by atoms with van der Waals surface area (Å²) in [6.07, 6.45) is 0. The molecule has 0 saturated carbocycles. The van der Waals surface area contributed by atoms with Crippen molar-refractivity contribution in [1.29, 1.82) is 0 Å². The molecule has 0 saturated heterocycles. The van der Waals surface area contributed by atoms with Crippen LogP contribution in [0.3, 0.4) is 0 Å². The largest absolute Gasteiger partial charge is 0.492 e. The number of hydrogen-bond acceptors (Lipinski definition) is 2. The highest BCUT2D eigenvalue weighted by Crippen LogP contribution is 2.20. The molecule has 2 nitrogen and oxygen atoms in total. The lowest BCUT2D eigenvalue weighted by Crippen LogP contribution is -2.38. The van der Waals surface area contributed by atoms with Crippen molar-refractivity contribution in [1.82, 2.24) is 5.32 Å². The summed E-state index contributed by atoms with van der Waals surface area (Å²) in [4.78, 5) is 0. The van der Waals surface area contributed by atoms with Crippen molar-refractivity contribution < 1.29 is 9.13 Å². The fourth-order valence-electron chi connectivity index (χ4n) is 1.16. The molecule has 0 radical (unpaired) electrons. The minimum Gasteiger partial charge on any atom is -0.492 e. The maximum atomic E-state index is 12.8. The smallest absolute Gasteiger partial charge is 0.142 e. The van der Waals surface area contributed by atoms with Gasteiger partial charge < -0.3 is 10.1 Å². The van der Waals surface area contributed by atoms with Crippen LogP contribution in [-0.4, -0.2) is 18.7 Å². The molecule has 0 spiro atoms. The van der Waals surface area contributed by atoms with Crippen molar-refractivity contribution in [3.63, 3.8) is 0 Å². The van der Waals surface area contributed by atoms with Crippen molar-refractivity contribution >= 4 is 11.6 Å². The van der Waals surface area contributed by atoms with E-state index in [-0.39, 0.29) is 10.6 Å². The minimum atomic E-state index is -0.429. The molecule has 1 aromatic rings. The van der Waals surface area contributed by atoms with Crippen LogP contribution in [-0.2, 0) is 0 Å². The summed E-state index contributed by atoms with van der Waals surface area (Å²) in [5, 5.41) is 3.37. The van der Waals surface area contributed by atoms with Crippen molar-refractivity contribution in [2.45, 2.75) is 26.3 Å². The zero-order valence-electron chi connectivity index (χ0n) is 9.81. The zero-order valence-corrected chi connectivity index (χ0v) is 10.6. The molecule has 1 aromatic carbocycles. The van der Waals surface area contributed by atoms with Gasteiger partial charge >= 0.3 is 0 Å². The van der Waals surface area contributed by atoms with Crippen LogP contribution in [0, 0.1) is 5.82 Å². The Morgan fingerprint density at radius 3 is 2.62 bits per heavy atom. The van der Waals surface area contributed by atoms with Gasteiger partial charge in [-0.05, 0) is 32.9 Å². The summed E-state index contributed by atoms with van der Waals surface area (Å²) in [7, 11) is 0. The van der Waals surface area contributed by atoms with Crippen LogP contribution in [0.25, 0.3) is 0 Å². The summed E-state index contributed by atoms with van der Waals surface area (Å²) in [5.74, 6) is 0.156. The Labute approximate surface area is 101 Å². The lowest BCUT2D eigenvalue weighted by Gasteiger charge is -2.20. The number of nitrogens with one attached hydrogen (secondary N) is 1. The molecule has 0 aliphatic rings. The van der Waals surface area contributed by atoms with Gasteiger partial charge in [-0.3, -0.25) is 0 Å². The maximum Gasteiger partial charge on any atom is 0.142 e. The number of benzene rings is 1. The van der Waals surface area contributed by atoms with E-state index in [9.17, 15) is 4.39 Å². The molecule has 4 heteroatoms. The van der Waals surface area contributed by atoms with Gasteiger partial charge in [0, 0.05) is 18.2 Å². The fraction of sp³-hybridized carbons (Fsp3) is 0.500. The summed E-state index contributed by atoms with van der Waals surface area (Å²) >= 11 is 5.63. The van der Waals surface area contributed by atoms with Crippen molar-refractivity contribution in [3.8, 4) is 5.75 Å². The van der Waals surface area contributed by atoms with Gasteiger partial charge in [-0.25, -0.2) is 4.39 Å². The predicted molar refractivity (Wildman–Crippen MR) is 64.7 cm³/mol. The molecule has 0 fully saturated rings. The topological polar surface area (TPSA) is 21.3 Å². The molecule has 16 heavy (non-hydrogen) atoms. The quantitative estimate of drug-likeness (QED) is 0.823. The molecular formula is C12H17ClFNO. The molecule has 1 N–H and O–H groups in total. The molecular weight excluding hydrogens is 229 g/mol. The highest BCUT2D eigenvalue weighted by Gasteiger charge is 2.07. The maximum absolute atomic E-state index is 12.8. The van der Waals surface area contributed by atoms with E-state index in [4.69, 9.17) is 16.3 Å². The highest BCUT2D eigenvalue weighted by atomic mass is 35.5. The van der Waals surface area contributed by atoms with Crippen molar-refractivity contribution in [2.75, 3.05) is 13.2 Å². The summed E-state index contributed by atoms with van der Waals surface area (Å²) in [6.45, 7) is 7.52. The Morgan fingerprint density at radius 2 is 2.06 bits per heavy atom. The first-order valence-electron chi connectivity index (χ1n) is 5.21. The second-order valence-corrected chi connectivity index (χ2v) is 5.01. The van der Waals surface area contributed by atoms with E-state index in [0.29, 0.717) is 12.4 Å². The number of halogens is 2. The van der Waals surface area contributed by atoms with E-state index in [1.54, 1.807) is 6.07 Å². The molecule has 0 unspecified atom stereocenters. The van der Waals surface area contributed by atoms with Crippen LogP contribution < -0.4 is 10.1 Å². The van der Waals surface area contributed by atoms with Gasteiger partial charge in [0.1, 0.15) is 18.2 Å². The minimum absolute atomic E-state index is 0.0732. The zero-order chi connectivity index (χ0) is 12.2. The first kappa shape index (κ1) is 13.3. The van der Waals surface area contributed by atoms with Gasteiger partial charge in [-0.2, -0.15) is 0 Å². The number of rotatable bonds is 4. The Balaban J connectivity index is 2.35. The first-order valence-corrected chi connectivity index (χ1v) is 5.59. The van der Waals surface area contributed by atoms with Gasteiger partial charge in [0.25, 0.3) is 0 Å². The summed E-state index contributed by atoms with van der Waals surface area (Å²) < 4.78 is 18.3. The average Bonchev–Trinajstić information content (AvgIpc) is 2.17. The van der Waals surface area contributed by atoms with Crippen LogP contribution in [0.2, 0.25) is 5.02 Å². The second kappa shape index (κ2) is 5.51.